The number of nitro benzene ring substituents is 1. The molecule has 0 atom stereocenters. The van der Waals surface area contributed by atoms with Gasteiger partial charge in [-0.05, 0) is 42.5 Å². The molecule has 0 amide bonds. The Kier molecular flexibility index (Phi) is 6.21. The Morgan fingerprint density at radius 1 is 1.00 bits per heavy atom. The van der Waals surface area contributed by atoms with Gasteiger partial charge in [0.15, 0.2) is 15.4 Å². The number of fused-ring (bicyclic) bond motifs is 1. The molecule has 3 aromatic carbocycles. The van der Waals surface area contributed by atoms with E-state index in [0.29, 0.717) is 0 Å². The van der Waals surface area contributed by atoms with Crippen molar-refractivity contribution in [3.8, 4) is 23.0 Å². The minimum atomic E-state index is -4.46. The van der Waals surface area contributed by atoms with Gasteiger partial charge in [0.1, 0.15) is 16.2 Å². The summed E-state index contributed by atoms with van der Waals surface area (Å²) in [7, 11) is -6.64. The predicted molar refractivity (Wildman–Crippen MR) is 125 cm³/mol. The molecule has 4 aromatic rings. The molecule has 11 nitrogen and oxygen atoms in total. The molecular formula is C22H18N2O9S2. The highest BCUT2D eigenvalue weighted by molar-refractivity contribution is 7.91. The molecule has 1 aromatic heterocycles. The Morgan fingerprint density at radius 2 is 1.74 bits per heavy atom. The van der Waals surface area contributed by atoms with Crippen molar-refractivity contribution in [3.05, 3.63) is 70.8 Å². The first-order valence-corrected chi connectivity index (χ1v) is 13.1. The van der Waals surface area contributed by atoms with Crippen molar-refractivity contribution in [2.45, 2.75) is 16.7 Å². The average molecular weight is 519 g/mol. The second-order valence-electron chi connectivity index (χ2n) is 7.18. The Balaban J connectivity index is 1.74. The number of benzene rings is 3. The molecule has 0 aliphatic carbocycles. The van der Waals surface area contributed by atoms with Gasteiger partial charge in [-0.25, -0.2) is 13.4 Å². The Morgan fingerprint density at radius 3 is 2.43 bits per heavy atom. The Bertz CT molecular complexity index is 1660. The van der Waals surface area contributed by atoms with E-state index in [-0.39, 0.29) is 43.8 Å². The van der Waals surface area contributed by atoms with Crippen LogP contribution in [0.3, 0.4) is 0 Å². The molecular weight excluding hydrogens is 500 g/mol. The zero-order valence-corrected chi connectivity index (χ0v) is 20.0. The highest BCUT2D eigenvalue weighted by Crippen LogP contribution is 2.36. The van der Waals surface area contributed by atoms with Gasteiger partial charge in [0.2, 0.25) is 11.6 Å². The normalized spacial score (nSPS) is 11.9. The lowest BCUT2D eigenvalue weighted by molar-refractivity contribution is -0.385. The van der Waals surface area contributed by atoms with Gasteiger partial charge in [0.25, 0.3) is 0 Å². The largest absolute Gasteiger partial charge is 0.495 e. The van der Waals surface area contributed by atoms with Crippen LogP contribution in [0.2, 0.25) is 0 Å². The van der Waals surface area contributed by atoms with Crippen molar-refractivity contribution in [1.29, 1.82) is 0 Å². The first-order valence-electron chi connectivity index (χ1n) is 10.1. The summed E-state index contributed by atoms with van der Waals surface area (Å²) in [4.78, 5) is 14.9. The van der Waals surface area contributed by atoms with E-state index >= 15 is 0 Å². The standard InChI is InChI=1S/C22H18N2O9S2/c1-3-34(27,28)15-9-11-18-16(13-15)23-22(32-18)14-8-10-19(17(12-14)24(25)26)33-35(29,30)21-7-5-4-6-20(21)31-2/h4-13H,3H2,1-2H3. The molecule has 0 unspecified atom stereocenters. The van der Waals surface area contributed by atoms with Crippen molar-refractivity contribution in [3.63, 3.8) is 0 Å². The van der Waals surface area contributed by atoms with Gasteiger partial charge in [-0.1, -0.05) is 19.1 Å². The van der Waals surface area contributed by atoms with Crippen LogP contribution in [0, 0.1) is 10.1 Å². The summed E-state index contributed by atoms with van der Waals surface area (Å²) >= 11 is 0. The summed E-state index contributed by atoms with van der Waals surface area (Å²) in [5, 5.41) is 11.7. The van der Waals surface area contributed by atoms with E-state index < -0.39 is 36.3 Å². The van der Waals surface area contributed by atoms with E-state index in [1.54, 1.807) is 6.07 Å². The molecule has 4 rings (SSSR count). The minimum Gasteiger partial charge on any atom is -0.495 e. The number of para-hydroxylation sites is 1. The van der Waals surface area contributed by atoms with E-state index in [2.05, 4.69) is 4.98 Å². The number of hydrogen-bond donors (Lipinski definition) is 0. The maximum atomic E-state index is 12.8. The Labute approximate surface area is 200 Å². The second-order valence-corrected chi connectivity index (χ2v) is 11.0. The van der Waals surface area contributed by atoms with Crippen molar-refractivity contribution < 1.29 is 35.1 Å². The monoisotopic (exact) mass is 518 g/mol. The third kappa shape index (κ3) is 4.68. The van der Waals surface area contributed by atoms with Crippen molar-refractivity contribution in [2.24, 2.45) is 0 Å². The molecule has 0 aliphatic heterocycles. The van der Waals surface area contributed by atoms with E-state index in [0.717, 1.165) is 12.1 Å². The lowest BCUT2D eigenvalue weighted by Crippen LogP contribution is -2.12. The molecule has 0 spiro atoms. The van der Waals surface area contributed by atoms with Gasteiger partial charge in [-0.15, -0.1) is 0 Å². The average Bonchev–Trinajstić information content (AvgIpc) is 3.27. The van der Waals surface area contributed by atoms with Crippen LogP contribution >= 0.6 is 0 Å². The summed E-state index contributed by atoms with van der Waals surface area (Å²) < 4.78 is 65.5. The van der Waals surface area contributed by atoms with Gasteiger partial charge < -0.3 is 13.3 Å². The van der Waals surface area contributed by atoms with Crippen LogP contribution in [-0.4, -0.2) is 39.6 Å². The predicted octanol–water partition coefficient (Wildman–Crippen LogP) is 3.97. The SMILES string of the molecule is CCS(=O)(=O)c1ccc2oc(-c3ccc(OS(=O)(=O)c4ccccc4OC)c([N+](=O)[O-])c3)nc2c1. The summed E-state index contributed by atoms with van der Waals surface area (Å²) in [6, 6.07) is 13.4. The fraction of sp³-hybridized carbons (Fsp3) is 0.136. The number of oxazole rings is 1. The molecule has 182 valence electrons. The summed E-state index contributed by atoms with van der Waals surface area (Å²) in [6.07, 6.45) is 0. The van der Waals surface area contributed by atoms with Gasteiger partial charge in [-0.2, -0.15) is 8.42 Å². The number of nitrogens with zero attached hydrogens (tertiary/aromatic N) is 2. The number of sulfone groups is 1. The number of rotatable bonds is 8. The van der Waals surface area contributed by atoms with E-state index in [9.17, 15) is 26.9 Å². The highest BCUT2D eigenvalue weighted by atomic mass is 32.2. The van der Waals surface area contributed by atoms with E-state index in [1.807, 2.05) is 0 Å². The van der Waals surface area contributed by atoms with Crippen molar-refractivity contribution in [1.82, 2.24) is 4.98 Å². The molecule has 0 radical (unpaired) electrons. The van der Waals surface area contributed by atoms with Gasteiger partial charge >= 0.3 is 15.8 Å². The van der Waals surface area contributed by atoms with E-state index in [4.69, 9.17) is 13.3 Å². The number of ether oxygens (including phenoxy) is 1. The number of nitro groups is 1. The number of methoxy groups -OCH3 is 1. The maximum absolute atomic E-state index is 12.8. The zero-order valence-electron chi connectivity index (χ0n) is 18.4. The zero-order chi connectivity index (χ0) is 25.4. The van der Waals surface area contributed by atoms with Crippen LogP contribution in [0.25, 0.3) is 22.6 Å². The second kappa shape index (κ2) is 9.00. The van der Waals surface area contributed by atoms with Gasteiger partial charge in [-0.3, -0.25) is 10.1 Å². The van der Waals surface area contributed by atoms with Gasteiger partial charge in [0.05, 0.1) is 22.7 Å². The van der Waals surface area contributed by atoms with Crippen molar-refractivity contribution >= 4 is 36.7 Å². The number of aromatic nitrogens is 1. The minimum absolute atomic E-state index is 0.0164. The lowest BCUT2D eigenvalue weighted by Gasteiger charge is -2.10. The molecule has 0 bridgehead atoms. The van der Waals surface area contributed by atoms with E-state index in [1.165, 1.54) is 56.5 Å². The van der Waals surface area contributed by atoms with Crippen LogP contribution in [0.4, 0.5) is 5.69 Å². The smallest absolute Gasteiger partial charge is 0.343 e. The first-order chi connectivity index (χ1) is 16.6. The molecule has 13 heteroatoms. The first kappa shape index (κ1) is 24.2. The fourth-order valence-electron chi connectivity index (χ4n) is 3.24. The molecule has 0 fully saturated rings. The highest BCUT2D eigenvalue weighted by Gasteiger charge is 2.27. The van der Waals surface area contributed by atoms with Crippen molar-refractivity contribution in [2.75, 3.05) is 12.9 Å². The van der Waals surface area contributed by atoms with Crippen LogP contribution < -0.4 is 8.92 Å². The molecule has 0 N–H and O–H groups in total. The van der Waals surface area contributed by atoms with Crippen LogP contribution in [0.5, 0.6) is 11.5 Å². The lowest BCUT2D eigenvalue weighted by atomic mass is 10.2. The Hall–Kier alpha value is -3.97. The topological polar surface area (TPSA) is 156 Å². The summed E-state index contributed by atoms with van der Waals surface area (Å²) in [5.41, 5.74) is 0.0420. The third-order valence-corrected chi connectivity index (χ3v) is 8.05. The fourth-order valence-corrected chi connectivity index (χ4v) is 5.25. The summed E-state index contributed by atoms with van der Waals surface area (Å²) in [6.45, 7) is 1.52. The molecule has 0 aliphatic rings. The molecule has 1 heterocycles. The van der Waals surface area contributed by atoms with Gasteiger partial charge in [0, 0.05) is 11.6 Å². The molecule has 0 saturated heterocycles. The molecule has 35 heavy (non-hydrogen) atoms. The van der Waals surface area contributed by atoms with Crippen LogP contribution in [-0.2, 0) is 20.0 Å². The molecule has 0 saturated carbocycles. The quantitative estimate of drug-likeness (QED) is 0.190. The third-order valence-electron chi connectivity index (χ3n) is 5.04. The number of hydrogen-bond acceptors (Lipinski definition) is 10. The van der Waals surface area contributed by atoms with Crippen LogP contribution in [0.15, 0.2) is 74.9 Å². The summed E-state index contributed by atoms with van der Waals surface area (Å²) in [5.74, 6) is -0.609. The van der Waals surface area contributed by atoms with Crippen LogP contribution in [0.1, 0.15) is 6.92 Å². The maximum Gasteiger partial charge on any atom is 0.343 e.